The molecular formula is C7H13N3O3. The van der Waals surface area contributed by atoms with Crippen LogP contribution in [0, 0.1) is 0 Å². The molecule has 1 aliphatic heterocycles. The monoisotopic (exact) mass is 187 g/mol. The topological polar surface area (TPSA) is 75.9 Å². The second-order valence-corrected chi connectivity index (χ2v) is 3.07. The molecule has 0 bridgehead atoms. The first-order chi connectivity index (χ1) is 6.02. The third kappa shape index (κ3) is 2.16. The number of nitrogens with zero attached hydrogens (tertiary/aromatic N) is 2. The largest absolute Gasteiger partial charge is 0.347 e. The van der Waals surface area contributed by atoms with Gasteiger partial charge in [-0.15, -0.1) is 0 Å². The Kier molecular flexibility index (Phi) is 2.84. The average Bonchev–Trinajstić information content (AvgIpc) is 2.36. The first-order valence-electron chi connectivity index (χ1n) is 3.92. The van der Waals surface area contributed by atoms with Crippen LogP contribution in [0.15, 0.2) is 0 Å². The van der Waals surface area contributed by atoms with E-state index >= 15 is 0 Å². The van der Waals surface area contributed by atoms with Crippen molar-refractivity contribution >= 4 is 11.8 Å². The predicted molar refractivity (Wildman–Crippen MR) is 44.3 cm³/mol. The maximum Gasteiger partial charge on any atom is 0.265 e. The summed E-state index contributed by atoms with van der Waals surface area (Å²) in [6, 6.07) is -0.630. The molecule has 0 radical (unpaired) electrons. The number of likely N-dealkylation sites (N-methyl/N-ethyl adjacent to an activating group) is 1. The number of amides is 2. The molecule has 1 aliphatic rings. The molecule has 0 saturated carbocycles. The van der Waals surface area contributed by atoms with Crippen LogP contribution < -0.4 is 5.73 Å². The fourth-order valence-corrected chi connectivity index (χ4v) is 0.878. The van der Waals surface area contributed by atoms with E-state index in [9.17, 15) is 9.59 Å². The van der Waals surface area contributed by atoms with Gasteiger partial charge in [0.1, 0.15) is 12.6 Å². The van der Waals surface area contributed by atoms with Crippen molar-refractivity contribution in [2.24, 2.45) is 5.73 Å². The van der Waals surface area contributed by atoms with Crippen molar-refractivity contribution in [2.75, 3.05) is 27.2 Å². The van der Waals surface area contributed by atoms with Crippen LogP contribution in [0.5, 0.6) is 0 Å². The number of hydrogen-bond acceptors (Lipinski definition) is 4. The Morgan fingerprint density at radius 2 is 2.38 bits per heavy atom. The molecule has 1 fully saturated rings. The molecule has 6 nitrogen and oxygen atoms in total. The highest BCUT2D eigenvalue weighted by Crippen LogP contribution is 2.05. The lowest BCUT2D eigenvalue weighted by atomic mass is 10.3. The quantitative estimate of drug-likeness (QED) is 0.552. The SMILES string of the molecule is CN(C)C(=O)CN1OC[C@@H](N)C1=O. The van der Waals surface area contributed by atoms with Gasteiger partial charge in [-0.3, -0.25) is 14.4 Å². The normalized spacial score (nSPS) is 22.2. The smallest absolute Gasteiger partial charge is 0.265 e. The summed E-state index contributed by atoms with van der Waals surface area (Å²) in [7, 11) is 3.23. The van der Waals surface area contributed by atoms with Gasteiger partial charge >= 0.3 is 0 Å². The van der Waals surface area contributed by atoms with E-state index in [0.717, 1.165) is 5.06 Å². The molecule has 1 atom stereocenters. The van der Waals surface area contributed by atoms with Crippen molar-refractivity contribution in [3.05, 3.63) is 0 Å². The van der Waals surface area contributed by atoms with Crippen LogP contribution in [-0.4, -0.2) is 55.1 Å². The number of rotatable bonds is 2. The van der Waals surface area contributed by atoms with Gasteiger partial charge in [-0.05, 0) is 0 Å². The highest BCUT2D eigenvalue weighted by molar-refractivity contribution is 5.87. The second kappa shape index (κ2) is 3.71. The molecule has 2 amide bonds. The molecule has 0 unspecified atom stereocenters. The molecule has 0 aromatic rings. The summed E-state index contributed by atoms with van der Waals surface area (Å²) in [5.41, 5.74) is 5.38. The van der Waals surface area contributed by atoms with Gasteiger partial charge in [-0.1, -0.05) is 0 Å². The maximum atomic E-state index is 11.2. The van der Waals surface area contributed by atoms with E-state index in [1.54, 1.807) is 14.1 Å². The van der Waals surface area contributed by atoms with Gasteiger partial charge < -0.3 is 10.6 Å². The summed E-state index contributed by atoms with van der Waals surface area (Å²) >= 11 is 0. The summed E-state index contributed by atoms with van der Waals surface area (Å²) in [5.74, 6) is -0.530. The Hall–Kier alpha value is -1.14. The van der Waals surface area contributed by atoms with Crippen molar-refractivity contribution in [1.82, 2.24) is 9.96 Å². The number of nitrogens with two attached hydrogens (primary N) is 1. The lowest BCUT2D eigenvalue weighted by Crippen LogP contribution is -2.40. The van der Waals surface area contributed by atoms with Gasteiger partial charge in [-0.2, -0.15) is 0 Å². The molecule has 0 aromatic heterocycles. The molecule has 0 spiro atoms. The van der Waals surface area contributed by atoms with Crippen LogP contribution in [0.25, 0.3) is 0 Å². The van der Waals surface area contributed by atoms with E-state index < -0.39 is 6.04 Å². The summed E-state index contributed by atoms with van der Waals surface area (Å²) < 4.78 is 0. The zero-order chi connectivity index (χ0) is 10.0. The number of carbonyl (C=O) groups excluding carboxylic acids is 2. The first-order valence-corrected chi connectivity index (χ1v) is 3.92. The van der Waals surface area contributed by atoms with Crippen molar-refractivity contribution in [3.8, 4) is 0 Å². The fraction of sp³-hybridized carbons (Fsp3) is 0.714. The highest BCUT2D eigenvalue weighted by Gasteiger charge is 2.31. The molecule has 74 valence electrons. The zero-order valence-electron chi connectivity index (χ0n) is 7.69. The van der Waals surface area contributed by atoms with Gasteiger partial charge in [0.2, 0.25) is 5.91 Å². The highest BCUT2D eigenvalue weighted by atomic mass is 16.7. The molecule has 0 aromatic carbocycles. The van der Waals surface area contributed by atoms with E-state index in [1.165, 1.54) is 4.90 Å². The molecule has 13 heavy (non-hydrogen) atoms. The molecule has 1 heterocycles. The third-order valence-corrected chi connectivity index (χ3v) is 1.75. The standard InChI is InChI=1S/C7H13N3O3/c1-9(2)6(11)3-10-7(12)5(8)4-13-10/h5H,3-4,8H2,1-2H3/t5-/m1/s1. The Morgan fingerprint density at radius 3 is 2.77 bits per heavy atom. The Bertz CT molecular complexity index is 229. The van der Waals surface area contributed by atoms with Crippen LogP contribution in [0.2, 0.25) is 0 Å². The van der Waals surface area contributed by atoms with Crippen LogP contribution in [0.3, 0.4) is 0 Å². The van der Waals surface area contributed by atoms with Gasteiger partial charge in [0.25, 0.3) is 5.91 Å². The van der Waals surface area contributed by atoms with Gasteiger partial charge in [0.15, 0.2) is 0 Å². The molecule has 2 N–H and O–H groups in total. The predicted octanol–water partition coefficient (Wildman–Crippen LogP) is -1.82. The molecule has 1 rings (SSSR count). The minimum Gasteiger partial charge on any atom is -0.347 e. The van der Waals surface area contributed by atoms with E-state index in [1.807, 2.05) is 0 Å². The third-order valence-electron chi connectivity index (χ3n) is 1.75. The Balaban J connectivity index is 2.47. The molecular weight excluding hydrogens is 174 g/mol. The first kappa shape index (κ1) is 9.94. The van der Waals surface area contributed by atoms with Gasteiger partial charge in [0.05, 0.1) is 6.61 Å². The van der Waals surface area contributed by atoms with Gasteiger partial charge in [0, 0.05) is 14.1 Å². The minimum atomic E-state index is -0.630. The second-order valence-electron chi connectivity index (χ2n) is 3.07. The van der Waals surface area contributed by atoms with E-state index in [4.69, 9.17) is 10.6 Å². The average molecular weight is 187 g/mol. The van der Waals surface area contributed by atoms with Crippen LogP contribution in [0.4, 0.5) is 0 Å². The lowest BCUT2D eigenvalue weighted by molar-refractivity contribution is -0.168. The van der Waals surface area contributed by atoms with E-state index in [0.29, 0.717) is 0 Å². The molecule has 0 aliphatic carbocycles. The van der Waals surface area contributed by atoms with Crippen molar-refractivity contribution in [3.63, 3.8) is 0 Å². The van der Waals surface area contributed by atoms with Crippen LogP contribution in [-0.2, 0) is 14.4 Å². The number of hydrogen-bond donors (Lipinski definition) is 1. The molecule has 1 saturated heterocycles. The summed E-state index contributed by atoms with van der Waals surface area (Å²) in [5, 5.41) is 1.01. The lowest BCUT2D eigenvalue weighted by Gasteiger charge is -2.16. The van der Waals surface area contributed by atoms with Gasteiger partial charge in [-0.25, -0.2) is 5.06 Å². The van der Waals surface area contributed by atoms with Crippen molar-refractivity contribution in [1.29, 1.82) is 0 Å². The molecule has 6 heteroatoms. The van der Waals surface area contributed by atoms with Crippen molar-refractivity contribution in [2.45, 2.75) is 6.04 Å². The number of hydroxylamine groups is 2. The summed E-state index contributed by atoms with van der Waals surface area (Å²) in [6.45, 7) is 0.0824. The zero-order valence-corrected chi connectivity index (χ0v) is 7.69. The number of carbonyl (C=O) groups is 2. The van der Waals surface area contributed by atoms with Crippen molar-refractivity contribution < 1.29 is 14.4 Å². The summed E-state index contributed by atoms with van der Waals surface area (Å²) in [4.78, 5) is 28.6. The van der Waals surface area contributed by atoms with E-state index in [-0.39, 0.29) is 25.0 Å². The van der Waals surface area contributed by atoms with Crippen LogP contribution in [0.1, 0.15) is 0 Å². The Morgan fingerprint density at radius 1 is 1.77 bits per heavy atom. The fourth-order valence-electron chi connectivity index (χ4n) is 0.878. The van der Waals surface area contributed by atoms with Crippen LogP contribution >= 0.6 is 0 Å². The maximum absolute atomic E-state index is 11.2. The minimum absolute atomic E-state index is 0.0699. The Labute approximate surface area is 76.2 Å². The van der Waals surface area contributed by atoms with E-state index in [2.05, 4.69) is 0 Å². The summed E-state index contributed by atoms with van der Waals surface area (Å²) in [6.07, 6.45) is 0.